The van der Waals surface area contributed by atoms with Gasteiger partial charge >= 0.3 is 0 Å². The van der Waals surface area contributed by atoms with Gasteiger partial charge in [-0.3, -0.25) is 0 Å². The van der Waals surface area contributed by atoms with Gasteiger partial charge in [-0.1, -0.05) is 46.0 Å². The predicted octanol–water partition coefficient (Wildman–Crippen LogP) is 2.82. The first kappa shape index (κ1) is 16.9. The van der Waals surface area contributed by atoms with E-state index in [2.05, 4.69) is 13.8 Å². The van der Waals surface area contributed by atoms with Crippen LogP contribution in [0.4, 0.5) is 0 Å². The fraction of sp³-hybridized carbons (Fsp3) is 1.00. The zero-order valence-electron chi connectivity index (χ0n) is 11.8. The number of unbranched alkanes of at least 4 members (excludes halogenated alkanes) is 5. The lowest BCUT2D eigenvalue weighted by atomic mass is 10.1. The Hall–Kier alpha value is -0.120. The van der Waals surface area contributed by atoms with Crippen LogP contribution in [0.15, 0.2) is 0 Å². The highest BCUT2D eigenvalue weighted by Crippen LogP contribution is 2.09. The fourth-order valence-corrected chi connectivity index (χ4v) is 2.04. The van der Waals surface area contributed by atoms with E-state index in [1.807, 2.05) is 0 Å². The van der Waals surface area contributed by atoms with E-state index in [1.165, 1.54) is 32.1 Å². The largest absolute Gasteiger partial charge is 0.377 e. The predicted molar refractivity (Wildman–Crippen MR) is 75.1 cm³/mol. The van der Waals surface area contributed by atoms with Gasteiger partial charge in [0.2, 0.25) is 0 Å². The molecule has 0 aliphatic carbocycles. The van der Waals surface area contributed by atoms with E-state index in [0.717, 1.165) is 25.9 Å². The first-order chi connectivity index (χ1) is 8.26. The van der Waals surface area contributed by atoms with Gasteiger partial charge in [-0.05, 0) is 25.8 Å². The van der Waals surface area contributed by atoms with Crippen molar-refractivity contribution in [3.8, 4) is 0 Å². The SMILES string of the molecule is CCCCCCCCOC(CC)C(N)CCN. The van der Waals surface area contributed by atoms with Crippen molar-refractivity contribution in [2.75, 3.05) is 13.2 Å². The Morgan fingerprint density at radius 1 is 1.00 bits per heavy atom. The Balaban J connectivity index is 3.43. The van der Waals surface area contributed by atoms with Crippen LogP contribution in [0.1, 0.15) is 65.2 Å². The summed E-state index contributed by atoms with van der Waals surface area (Å²) in [4.78, 5) is 0. The number of hydrogen-bond acceptors (Lipinski definition) is 3. The first-order valence-electron chi connectivity index (χ1n) is 7.33. The van der Waals surface area contributed by atoms with Crippen molar-refractivity contribution in [3.63, 3.8) is 0 Å². The molecule has 0 aromatic rings. The first-order valence-corrected chi connectivity index (χ1v) is 7.33. The molecule has 0 aromatic carbocycles. The molecule has 4 N–H and O–H groups in total. The topological polar surface area (TPSA) is 61.3 Å². The van der Waals surface area contributed by atoms with E-state index >= 15 is 0 Å². The van der Waals surface area contributed by atoms with Gasteiger partial charge in [-0.15, -0.1) is 0 Å². The van der Waals surface area contributed by atoms with Crippen LogP contribution in [0.3, 0.4) is 0 Å². The van der Waals surface area contributed by atoms with Gasteiger partial charge in [-0.2, -0.15) is 0 Å². The monoisotopic (exact) mass is 244 g/mol. The summed E-state index contributed by atoms with van der Waals surface area (Å²) in [6.07, 6.45) is 9.84. The van der Waals surface area contributed by atoms with Gasteiger partial charge in [0, 0.05) is 12.6 Å². The van der Waals surface area contributed by atoms with Crippen LogP contribution < -0.4 is 11.5 Å². The molecule has 0 bridgehead atoms. The summed E-state index contributed by atoms with van der Waals surface area (Å²) in [5.41, 5.74) is 11.5. The molecule has 3 heteroatoms. The summed E-state index contributed by atoms with van der Waals surface area (Å²) in [6, 6.07) is 0.102. The molecule has 3 nitrogen and oxygen atoms in total. The second-order valence-electron chi connectivity index (χ2n) is 4.83. The average Bonchev–Trinajstić information content (AvgIpc) is 2.33. The van der Waals surface area contributed by atoms with Crippen LogP contribution in [0.5, 0.6) is 0 Å². The van der Waals surface area contributed by atoms with Crippen LogP contribution in [-0.4, -0.2) is 25.3 Å². The number of nitrogens with two attached hydrogens (primary N) is 2. The maximum absolute atomic E-state index is 6.01. The summed E-state index contributed by atoms with van der Waals surface area (Å²) >= 11 is 0. The Morgan fingerprint density at radius 3 is 2.24 bits per heavy atom. The molecule has 0 heterocycles. The van der Waals surface area contributed by atoms with Crippen LogP contribution in [0.2, 0.25) is 0 Å². The third-order valence-corrected chi connectivity index (χ3v) is 3.21. The van der Waals surface area contributed by atoms with Crippen molar-refractivity contribution in [1.82, 2.24) is 0 Å². The maximum atomic E-state index is 6.01. The van der Waals surface area contributed by atoms with Crippen LogP contribution in [-0.2, 0) is 4.74 Å². The molecule has 0 radical (unpaired) electrons. The highest BCUT2D eigenvalue weighted by Gasteiger charge is 2.15. The molecule has 0 aliphatic heterocycles. The van der Waals surface area contributed by atoms with E-state index in [4.69, 9.17) is 16.2 Å². The summed E-state index contributed by atoms with van der Waals surface area (Å²) in [5.74, 6) is 0. The molecule has 0 aliphatic rings. The average molecular weight is 244 g/mol. The van der Waals surface area contributed by atoms with E-state index in [-0.39, 0.29) is 12.1 Å². The van der Waals surface area contributed by atoms with E-state index in [0.29, 0.717) is 6.54 Å². The molecule has 0 saturated heterocycles. The van der Waals surface area contributed by atoms with E-state index in [1.54, 1.807) is 0 Å². The van der Waals surface area contributed by atoms with Crippen molar-refractivity contribution in [2.45, 2.75) is 77.4 Å². The summed E-state index contributed by atoms with van der Waals surface area (Å²) in [7, 11) is 0. The Labute approximate surface area is 107 Å². The van der Waals surface area contributed by atoms with Gasteiger partial charge in [0.25, 0.3) is 0 Å². The molecule has 0 spiro atoms. The zero-order valence-corrected chi connectivity index (χ0v) is 11.8. The Morgan fingerprint density at radius 2 is 1.65 bits per heavy atom. The minimum absolute atomic E-state index is 0.102. The lowest BCUT2D eigenvalue weighted by Crippen LogP contribution is -2.38. The summed E-state index contributed by atoms with van der Waals surface area (Å²) < 4.78 is 5.83. The van der Waals surface area contributed by atoms with Gasteiger partial charge in [0.15, 0.2) is 0 Å². The molecule has 2 unspecified atom stereocenters. The van der Waals surface area contributed by atoms with Crippen LogP contribution >= 0.6 is 0 Å². The molecule has 104 valence electrons. The molecule has 0 amide bonds. The minimum Gasteiger partial charge on any atom is -0.377 e. The summed E-state index contributed by atoms with van der Waals surface area (Å²) in [5, 5.41) is 0. The van der Waals surface area contributed by atoms with Crippen LogP contribution in [0, 0.1) is 0 Å². The molecule has 0 saturated carbocycles. The quantitative estimate of drug-likeness (QED) is 0.519. The van der Waals surface area contributed by atoms with Crippen molar-refractivity contribution < 1.29 is 4.74 Å². The molecule has 17 heavy (non-hydrogen) atoms. The number of rotatable bonds is 12. The second kappa shape index (κ2) is 12.3. The van der Waals surface area contributed by atoms with Crippen molar-refractivity contribution in [2.24, 2.45) is 11.5 Å². The van der Waals surface area contributed by atoms with E-state index in [9.17, 15) is 0 Å². The molecule has 0 fully saturated rings. The molecule has 0 rings (SSSR count). The molecular weight excluding hydrogens is 212 g/mol. The van der Waals surface area contributed by atoms with Gasteiger partial charge < -0.3 is 16.2 Å². The van der Waals surface area contributed by atoms with E-state index < -0.39 is 0 Å². The number of hydrogen-bond donors (Lipinski definition) is 2. The smallest absolute Gasteiger partial charge is 0.0723 e. The van der Waals surface area contributed by atoms with Crippen molar-refractivity contribution >= 4 is 0 Å². The van der Waals surface area contributed by atoms with Crippen molar-refractivity contribution in [1.29, 1.82) is 0 Å². The molecule has 2 atom stereocenters. The van der Waals surface area contributed by atoms with Gasteiger partial charge in [0.05, 0.1) is 6.10 Å². The van der Waals surface area contributed by atoms with Gasteiger partial charge in [-0.25, -0.2) is 0 Å². The number of ether oxygens (including phenoxy) is 1. The Kier molecular flexibility index (Phi) is 12.3. The highest BCUT2D eigenvalue weighted by atomic mass is 16.5. The van der Waals surface area contributed by atoms with Crippen molar-refractivity contribution in [3.05, 3.63) is 0 Å². The highest BCUT2D eigenvalue weighted by molar-refractivity contribution is 4.72. The Bertz CT molecular complexity index is 153. The van der Waals surface area contributed by atoms with Crippen LogP contribution in [0.25, 0.3) is 0 Å². The normalized spacial score (nSPS) is 14.8. The molecule has 0 aromatic heterocycles. The zero-order chi connectivity index (χ0) is 12.9. The minimum atomic E-state index is 0.102. The second-order valence-corrected chi connectivity index (χ2v) is 4.83. The fourth-order valence-electron chi connectivity index (χ4n) is 2.04. The lowest BCUT2D eigenvalue weighted by molar-refractivity contribution is 0.0294. The maximum Gasteiger partial charge on any atom is 0.0723 e. The van der Waals surface area contributed by atoms with Gasteiger partial charge in [0.1, 0.15) is 0 Å². The summed E-state index contributed by atoms with van der Waals surface area (Å²) in [6.45, 7) is 5.87. The third kappa shape index (κ3) is 9.57. The third-order valence-electron chi connectivity index (χ3n) is 3.21. The standard InChI is InChI=1S/C14H32N2O/c1-3-5-6-7-8-9-12-17-14(4-2)13(16)10-11-15/h13-14H,3-12,15-16H2,1-2H3. The molecular formula is C14H32N2O. The lowest BCUT2D eigenvalue weighted by Gasteiger charge is -2.22.